The maximum absolute atomic E-state index is 13.0. The summed E-state index contributed by atoms with van der Waals surface area (Å²) in [5.41, 5.74) is 7.43. The Bertz CT molecular complexity index is 975. The Morgan fingerprint density at radius 3 is 2.45 bits per heavy atom. The van der Waals surface area contributed by atoms with Gasteiger partial charge in [-0.05, 0) is 97.7 Å². The highest BCUT2D eigenvalue weighted by molar-refractivity contribution is 5.84. The summed E-state index contributed by atoms with van der Waals surface area (Å²) in [6, 6.07) is -0.831. The molecule has 0 aliphatic heterocycles. The Morgan fingerprint density at radius 2 is 1.77 bits per heavy atom. The van der Waals surface area contributed by atoms with Crippen LogP contribution in [0, 0.1) is 46.3 Å². The summed E-state index contributed by atoms with van der Waals surface area (Å²) in [4.78, 5) is 35.9. The molecule has 0 saturated heterocycles. The van der Waals surface area contributed by atoms with Crippen LogP contribution in [0.25, 0.3) is 0 Å². The van der Waals surface area contributed by atoms with Crippen molar-refractivity contribution >= 4 is 17.8 Å². The van der Waals surface area contributed by atoms with E-state index < -0.39 is 17.9 Å². The maximum atomic E-state index is 13.0. The number of carbonyl (C=O) groups is 3. The summed E-state index contributed by atoms with van der Waals surface area (Å²) in [7, 11) is 0. The predicted molar refractivity (Wildman–Crippen MR) is 159 cm³/mol. The molecule has 4 unspecified atom stereocenters. The molecule has 226 valence electrons. The second-order valence-electron chi connectivity index (χ2n) is 14.8. The molecule has 0 heterocycles. The van der Waals surface area contributed by atoms with Crippen molar-refractivity contribution in [3.05, 3.63) is 11.6 Å². The lowest BCUT2D eigenvalue weighted by Crippen LogP contribution is -2.51. The molecule has 6 nitrogen and oxygen atoms in total. The zero-order valence-corrected chi connectivity index (χ0v) is 26.1. The molecule has 0 bridgehead atoms. The Hall–Kier alpha value is -1.85. The SMILES string of the molecule is CC(=O)N[C@@H](CCC(N)=O)C(=O)OC1CC[C@@]2(C)C(=CCC3C2CC[C@@]2(C)C3CC[C@@H]2[C@H](C)CCCC(C)C)C1. The van der Waals surface area contributed by atoms with Gasteiger partial charge in [-0.3, -0.25) is 9.59 Å². The number of carbonyl (C=O) groups excluding carboxylic acids is 3. The first-order chi connectivity index (χ1) is 18.8. The van der Waals surface area contributed by atoms with Gasteiger partial charge in [0.1, 0.15) is 12.1 Å². The number of primary amides is 1. The van der Waals surface area contributed by atoms with Gasteiger partial charge in [0.05, 0.1) is 0 Å². The van der Waals surface area contributed by atoms with Crippen molar-refractivity contribution in [3.63, 3.8) is 0 Å². The lowest BCUT2D eigenvalue weighted by Gasteiger charge is -2.58. The minimum Gasteiger partial charge on any atom is -0.461 e. The number of hydrogen-bond acceptors (Lipinski definition) is 4. The number of nitrogens with two attached hydrogens (primary N) is 1. The van der Waals surface area contributed by atoms with Crippen molar-refractivity contribution in [2.45, 2.75) is 137 Å². The fourth-order valence-corrected chi connectivity index (χ4v) is 9.78. The van der Waals surface area contributed by atoms with Crippen LogP contribution in [-0.2, 0) is 19.1 Å². The van der Waals surface area contributed by atoms with Gasteiger partial charge in [0.25, 0.3) is 0 Å². The molecule has 0 spiro atoms. The molecule has 40 heavy (non-hydrogen) atoms. The summed E-state index contributed by atoms with van der Waals surface area (Å²) in [6.07, 6.45) is 16.0. The molecular weight excluding hydrogens is 500 g/mol. The van der Waals surface area contributed by atoms with Crippen molar-refractivity contribution < 1.29 is 19.1 Å². The normalized spacial score (nSPS) is 36.5. The molecule has 0 aromatic heterocycles. The van der Waals surface area contributed by atoms with E-state index in [1.54, 1.807) is 0 Å². The highest BCUT2D eigenvalue weighted by Gasteiger charge is 2.59. The maximum Gasteiger partial charge on any atom is 0.328 e. The van der Waals surface area contributed by atoms with Crippen LogP contribution in [0.3, 0.4) is 0 Å². The molecular formula is C34H56N2O4. The highest BCUT2D eigenvalue weighted by Crippen LogP contribution is 2.67. The summed E-state index contributed by atoms with van der Waals surface area (Å²) in [6.45, 7) is 13.7. The van der Waals surface area contributed by atoms with E-state index in [2.05, 4.69) is 46.0 Å². The van der Waals surface area contributed by atoms with Gasteiger partial charge in [0, 0.05) is 19.8 Å². The molecule has 4 aliphatic rings. The monoisotopic (exact) mass is 556 g/mol. The number of hydrogen-bond donors (Lipinski definition) is 2. The third kappa shape index (κ3) is 6.46. The van der Waals surface area contributed by atoms with Gasteiger partial charge in [-0.1, -0.05) is 65.5 Å². The van der Waals surface area contributed by atoms with Gasteiger partial charge in [0.15, 0.2) is 0 Å². The van der Waals surface area contributed by atoms with E-state index in [0.717, 1.165) is 61.2 Å². The Labute approximate surface area is 243 Å². The highest BCUT2D eigenvalue weighted by atomic mass is 16.5. The predicted octanol–water partition coefficient (Wildman–Crippen LogP) is 6.71. The van der Waals surface area contributed by atoms with E-state index in [1.807, 2.05) is 0 Å². The van der Waals surface area contributed by atoms with Crippen LogP contribution in [0.2, 0.25) is 0 Å². The number of fused-ring (bicyclic) bond motifs is 5. The van der Waals surface area contributed by atoms with Crippen LogP contribution < -0.4 is 11.1 Å². The molecule has 4 rings (SSSR count). The average molecular weight is 557 g/mol. The van der Waals surface area contributed by atoms with Crippen molar-refractivity contribution in [1.29, 1.82) is 0 Å². The summed E-state index contributed by atoms with van der Waals surface area (Å²) >= 11 is 0. The quantitative estimate of drug-likeness (QED) is 0.218. The van der Waals surface area contributed by atoms with Gasteiger partial charge in [-0.25, -0.2) is 4.79 Å². The number of esters is 1. The van der Waals surface area contributed by atoms with Crippen molar-refractivity contribution in [3.8, 4) is 0 Å². The number of rotatable bonds is 11. The zero-order valence-electron chi connectivity index (χ0n) is 26.1. The van der Waals surface area contributed by atoms with Crippen LogP contribution >= 0.6 is 0 Å². The van der Waals surface area contributed by atoms with Crippen LogP contribution in [0.4, 0.5) is 0 Å². The largest absolute Gasteiger partial charge is 0.461 e. The fraction of sp³-hybridized carbons (Fsp3) is 0.853. The van der Waals surface area contributed by atoms with E-state index >= 15 is 0 Å². The second-order valence-corrected chi connectivity index (χ2v) is 14.8. The standard InChI is InChI=1S/C34H56N2O4/c1-21(2)8-7-9-22(3)27-12-13-28-26-11-10-24-20-25(16-18-33(24,5)29(26)17-19-34(27,28)6)40-32(39)30(36-23(4)37)14-15-31(35)38/h10,21-22,25-30H,7-9,11-20H2,1-6H3,(H2,35,38)(H,36,37)/t22-,25?,26?,27-,28?,29?,30+,33+,34-/m1/s1. The number of nitrogens with one attached hydrogen (secondary N) is 1. The first-order valence-corrected chi connectivity index (χ1v) is 16.3. The van der Waals surface area contributed by atoms with Gasteiger partial charge >= 0.3 is 5.97 Å². The molecule has 3 N–H and O–H groups in total. The zero-order chi connectivity index (χ0) is 29.2. The van der Waals surface area contributed by atoms with E-state index in [1.165, 1.54) is 57.4 Å². The van der Waals surface area contributed by atoms with Crippen molar-refractivity contribution in [2.75, 3.05) is 0 Å². The van der Waals surface area contributed by atoms with Gasteiger partial charge in [-0.2, -0.15) is 0 Å². The smallest absolute Gasteiger partial charge is 0.328 e. The summed E-state index contributed by atoms with van der Waals surface area (Å²) in [5.74, 6) is 3.57. The molecule has 4 aliphatic carbocycles. The second kappa shape index (κ2) is 12.6. The molecule has 6 heteroatoms. The lowest BCUT2D eigenvalue weighted by atomic mass is 9.47. The minimum atomic E-state index is -0.831. The van der Waals surface area contributed by atoms with E-state index in [-0.39, 0.29) is 30.3 Å². The Kier molecular flexibility index (Phi) is 9.77. The third-order valence-corrected chi connectivity index (χ3v) is 11.9. The molecule has 0 aromatic carbocycles. The van der Waals surface area contributed by atoms with E-state index in [0.29, 0.717) is 5.41 Å². The molecule has 0 aromatic rings. The lowest BCUT2D eigenvalue weighted by molar-refractivity contribution is -0.155. The molecule has 9 atom stereocenters. The summed E-state index contributed by atoms with van der Waals surface area (Å²) in [5, 5.41) is 2.64. The summed E-state index contributed by atoms with van der Waals surface area (Å²) < 4.78 is 5.94. The van der Waals surface area contributed by atoms with Crippen LogP contribution in [0.5, 0.6) is 0 Å². The van der Waals surface area contributed by atoms with Crippen LogP contribution in [0.1, 0.15) is 125 Å². The first kappa shape index (κ1) is 31.1. The Balaban J connectivity index is 1.40. The average Bonchev–Trinajstić information content (AvgIpc) is 3.23. The van der Waals surface area contributed by atoms with Gasteiger partial charge in [-0.15, -0.1) is 0 Å². The van der Waals surface area contributed by atoms with E-state index in [4.69, 9.17) is 10.5 Å². The van der Waals surface area contributed by atoms with Gasteiger partial charge in [0.2, 0.25) is 11.8 Å². The number of amides is 2. The van der Waals surface area contributed by atoms with Crippen LogP contribution in [0.15, 0.2) is 11.6 Å². The van der Waals surface area contributed by atoms with E-state index in [9.17, 15) is 14.4 Å². The fourth-order valence-electron chi connectivity index (χ4n) is 9.78. The molecule has 3 fully saturated rings. The van der Waals surface area contributed by atoms with Gasteiger partial charge < -0.3 is 15.8 Å². The molecule has 0 radical (unpaired) electrons. The minimum absolute atomic E-state index is 0.0364. The Morgan fingerprint density at radius 1 is 1.02 bits per heavy atom. The first-order valence-electron chi connectivity index (χ1n) is 16.3. The number of allylic oxidation sites excluding steroid dienone is 1. The van der Waals surface area contributed by atoms with Crippen molar-refractivity contribution in [1.82, 2.24) is 5.32 Å². The number of ether oxygens (including phenoxy) is 1. The van der Waals surface area contributed by atoms with Crippen molar-refractivity contribution in [2.24, 2.45) is 52.1 Å². The topological polar surface area (TPSA) is 98.5 Å². The third-order valence-electron chi connectivity index (χ3n) is 11.9. The van der Waals surface area contributed by atoms with Crippen LogP contribution in [-0.4, -0.2) is 29.9 Å². The molecule has 3 saturated carbocycles. The molecule has 2 amide bonds.